The summed E-state index contributed by atoms with van der Waals surface area (Å²) >= 11 is 0. The van der Waals surface area contributed by atoms with Crippen LogP contribution in [0.2, 0.25) is 0 Å². The number of ether oxygens (including phenoxy) is 1. The predicted octanol–water partition coefficient (Wildman–Crippen LogP) is 3.46. The Morgan fingerprint density at radius 1 is 1.05 bits per heavy atom. The second kappa shape index (κ2) is 5.09. The van der Waals surface area contributed by atoms with Gasteiger partial charge in [-0.25, -0.2) is 0 Å². The standard InChI is InChI=1S/C16H14N2O2/c1-20-12-7-8-13(15(19)9-12)16-14(10-17-18-16)11-5-3-2-4-6-11/h2-10,19H,1H3,(H,17,18). The molecule has 0 fully saturated rings. The number of H-pyrrole nitrogens is 1. The van der Waals surface area contributed by atoms with Crippen molar-refractivity contribution in [2.75, 3.05) is 7.11 Å². The summed E-state index contributed by atoms with van der Waals surface area (Å²) in [4.78, 5) is 0. The highest BCUT2D eigenvalue weighted by molar-refractivity contribution is 5.83. The highest BCUT2D eigenvalue weighted by Gasteiger charge is 2.13. The minimum atomic E-state index is 0.158. The van der Waals surface area contributed by atoms with Gasteiger partial charge < -0.3 is 9.84 Å². The van der Waals surface area contributed by atoms with E-state index in [1.165, 1.54) is 0 Å². The molecule has 1 aromatic heterocycles. The number of rotatable bonds is 3. The molecule has 3 aromatic rings. The molecule has 0 bridgehead atoms. The first-order valence-electron chi connectivity index (χ1n) is 6.26. The van der Waals surface area contributed by atoms with Gasteiger partial charge in [-0.3, -0.25) is 5.10 Å². The van der Waals surface area contributed by atoms with Gasteiger partial charge in [0.05, 0.1) is 19.0 Å². The molecular formula is C16H14N2O2. The Balaban J connectivity index is 2.11. The Labute approximate surface area is 116 Å². The molecule has 0 aliphatic carbocycles. The van der Waals surface area contributed by atoms with E-state index >= 15 is 0 Å². The third kappa shape index (κ3) is 2.12. The summed E-state index contributed by atoms with van der Waals surface area (Å²) in [5.74, 6) is 0.776. The van der Waals surface area contributed by atoms with Crippen molar-refractivity contribution in [1.82, 2.24) is 10.2 Å². The normalized spacial score (nSPS) is 10.4. The van der Waals surface area contributed by atoms with Gasteiger partial charge in [-0.2, -0.15) is 5.10 Å². The van der Waals surface area contributed by atoms with E-state index in [0.717, 1.165) is 16.8 Å². The highest BCUT2D eigenvalue weighted by atomic mass is 16.5. The Kier molecular flexibility index (Phi) is 3.13. The maximum atomic E-state index is 10.1. The first-order valence-corrected chi connectivity index (χ1v) is 6.26. The molecule has 0 aliphatic rings. The van der Waals surface area contributed by atoms with Gasteiger partial charge in [-0.05, 0) is 17.7 Å². The summed E-state index contributed by atoms with van der Waals surface area (Å²) in [6.07, 6.45) is 1.76. The molecule has 0 unspecified atom stereocenters. The highest BCUT2D eigenvalue weighted by Crippen LogP contribution is 2.36. The van der Waals surface area contributed by atoms with Crippen LogP contribution in [0.5, 0.6) is 11.5 Å². The minimum Gasteiger partial charge on any atom is -0.507 e. The van der Waals surface area contributed by atoms with Crippen molar-refractivity contribution in [3.63, 3.8) is 0 Å². The maximum absolute atomic E-state index is 10.1. The molecule has 100 valence electrons. The zero-order chi connectivity index (χ0) is 13.9. The number of nitrogens with one attached hydrogen (secondary N) is 1. The topological polar surface area (TPSA) is 58.1 Å². The summed E-state index contributed by atoms with van der Waals surface area (Å²) in [5.41, 5.74) is 3.48. The summed E-state index contributed by atoms with van der Waals surface area (Å²) < 4.78 is 5.10. The van der Waals surface area contributed by atoms with Crippen LogP contribution >= 0.6 is 0 Å². The molecule has 2 aromatic carbocycles. The second-order valence-corrected chi connectivity index (χ2v) is 4.41. The predicted molar refractivity (Wildman–Crippen MR) is 77.7 cm³/mol. The fourth-order valence-corrected chi connectivity index (χ4v) is 2.18. The van der Waals surface area contributed by atoms with Crippen molar-refractivity contribution in [1.29, 1.82) is 0 Å². The van der Waals surface area contributed by atoms with Crippen molar-refractivity contribution in [3.05, 3.63) is 54.7 Å². The molecule has 2 N–H and O–H groups in total. The van der Waals surface area contributed by atoms with Crippen molar-refractivity contribution in [2.24, 2.45) is 0 Å². The SMILES string of the molecule is COc1ccc(-c2[nH]ncc2-c2ccccc2)c(O)c1. The fourth-order valence-electron chi connectivity index (χ4n) is 2.18. The number of hydrogen-bond donors (Lipinski definition) is 2. The molecule has 20 heavy (non-hydrogen) atoms. The Morgan fingerprint density at radius 3 is 2.55 bits per heavy atom. The van der Waals surface area contributed by atoms with E-state index in [9.17, 15) is 5.11 Å². The van der Waals surface area contributed by atoms with Gasteiger partial charge in [0.25, 0.3) is 0 Å². The third-order valence-corrected chi connectivity index (χ3v) is 3.20. The third-order valence-electron chi connectivity index (χ3n) is 3.20. The largest absolute Gasteiger partial charge is 0.507 e. The van der Waals surface area contributed by atoms with Gasteiger partial charge >= 0.3 is 0 Å². The Bertz CT molecular complexity index is 720. The number of nitrogens with zero attached hydrogens (tertiary/aromatic N) is 1. The number of aromatic amines is 1. The molecule has 3 rings (SSSR count). The number of phenolic OH excluding ortho intramolecular Hbond substituents is 1. The van der Waals surface area contributed by atoms with E-state index in [-0.39, 0.29) is 5.75 Å². The molecule has 0 aliphatic heterocycles. The first kappa shape index (κ1) is 12.3. The maximum Gasteiger partial charge on any atom is 0.128 e. The molecule has 0 spiro atoms. The quantitative estimate of drug-likeness (QED) is 0.763. The molecule has 4 heteroatoms. The molecule has 0 atom stereocenters. The van der Waals surface area contributed by atoms with Crippen molar-refractivity contribution in [2.45, 2.75) is 0 Å². The van der Waals surface area contributed by atoms with Crippen LogP contribution in [0.4, 0.5) is 0 Å². The Morgan fingerprint density at radius 2 is 1.85 bits per heavy atom. The smallest absolute Gasteiger partial charge is 0.128 e. The van der Waals surface area contributed by atoms with Crippen LogP contribution < -0.4 is 4.74 Å². The van der Waals surface area contributed by atoms with E-state index in [0.29, 0.717) is 11.3 Å². The zero-order valence-electron chi connectivity index (χ0n) is 11.0. The lowest BCUT2D eigenvalue weighted by Crippen LogP contribution is -1.86. The van der Waals surface area contributed by atoms with Crippen LogP contribution in [0.3, 0.4) is 0 Å². The van der Waals surface area contributed by atoms with Gasteiger partial charge in [0.2, 0.25) is 0 Å². The van der Waals surface area contributed by atoms with E-state index in [1.807, 2.05) is 42.5 Å². The van der Waals surface area contributed by atoms with Crippen molar-refractivity contribution >= 4 is 0 Å². The zero-order valence-corrected chi connectivity index (χ0v) is 11.0. The van der Waals surface area contributed by atoms with Gasteiger partial charge in [0.1, 0.15) is 11.5 Å². The van der Waals surface area contributed by atoms with Gasteiger partial charge in [-0.15, -0.1) is 0 Å². The lowest BCUT2D eigenvalue weighted by molar-refractivity contribution is 0.408. The lowest BCUT2D eigenvalue weighted by atomic mass is 10.0. The number of aromatic hydroxyl groups is 1. The second-order valence-electron chi connectivity index (χ2n) is 4.41. The van der Waals surface area contributed by atoms with E-state index in [1.54, 1.807) is 19.4 Å². The average molecular weight is 266 g/mol. The Hall–Kier alpha value is -2.75. The van der Waals surface area contributed by atoms with Crippen LogP contribution in [0.1, 0.15) is 0 Å². The van der Waals surface area contributed by atoms with E-state index in [4.69, 9.17) is 4.74 Å². The number of benzene rings is 2. The molecule has 0 saturated heterocycles. The van der Waals surface area contributed by atoms with Crippen LogP contribution in [-0.2, 0) is 0 Å². The number of hydrogen-bond acceptors (Lipinski definition) is 3. The van der Waals surface area contributed by atoms with Crippen LogP contribution in [-0.4, -0.2) is 22.4 Å². The molecule has 0 saturated carbocycles. The van der Waals surface area contributed by atoms with Crippen LogP contribution in [0, 0.1) is 0 Å². The van der Waals surface area contributed by atoms with Crippen LogP contribution in [0.25, 0.3) is 22.4 Å². The van der Waals surface area contributed by atoms with Crippen molar-refractivity contribution < 1.29 is 9.84 Å². The molecule has 1 heterocycles. The molecule has 0 radical (unpaired) electrons. The summed E-state index contributed by atoms with van der Waals surface area (Å²) in [6.45, 7) is 0. The summed E-state index contributed by atoms with van der Waals surface area (Å²) in [7, 11) is 1.57. The van der Waals surface area contributed by atoms with Crippen LogP contribution in [0.15, 0.2) is 54.7 Å². The number of phenols is 1. The van der Waals surface area contributed by atoms with E-state index < -0.39 is 0 Å². The van der Waals surface area contributed by atoms with Gasteiger partial charge in [0.15, 0.2) is 0 Å². The van der Waals surface area contributed by atoms with Crippen molar-refractivity contribution in [3.8, 4) is 33.9 Å². The molecule has 0 amide bonds. The summed E-state index contributed by atoms with van der Waals surface area (Å²) in [5, 5.41) is 17.2. The fraction of sp³-hybridized carbons (Fsp3) is 0.0625. The number of aromatic nitrogens is 2. The minimum absolute atomic E-state index is 0.158. The van der Waals surface area contributed by atoms with Gasteiger partial charge in [-0.1, -0.05) is 30.3 Å². The molecule has 4 nitrogen and oxygen atoms in total. The van der Waals surface area contributed by atoms with E-state index in [2.05, 4.69) is 10.2 Å². The number of methoxy groups -OCH3 is 1. The van der Waals surface area contributed by atoms with Gasteiger partial charge in [0, 0.05) is 17.2 Å². The first-order chi connectivity index (χ1) is 9.79. The lowest BCUT2D eigenvalue weighted by Gasteiger charge is -2.07. The average Bonchev–Trinajstić information content (AvgIpc) is 2.97. The summed E-state index contributed by atoms with van der Waals surface area (Å²) in [6, 6.07) is 15.1. The molecular weight excluding hydrogens is 252 g/mol. The monoisotopic (exact) mass is 266 g/mol.